The van der Waals surface area contributed by atoms with Crippen molar-refractivity contribution in [3.05, 3.63) is 40.0 Å². The molecule has 0 unspecified atom stereocenters. The fourth-order valence-corrected chi connectivity index (χ4v) is 1.83. The lowest BCUT2D eigenvalue weighted by Crippen LogP contribution is -1.91. The van der Waals surface area contributed by atoms with Crippen molar-refractivity contribution in [2.75, 3.05) is 11.2 Å². The van der Waals surface area contributed by atoms with Gasteiger partial charge in [-0.25, -0.2) is 9.37 Å². The van der Waals surface area contributed by atoms with Crippen LogP contribution in [0.5, 0.6) is 0 Å². The molecular weight excluding hydrogens is 263 g/mol. The smallest absolute Gasteiger partial charge is 0.205 e. The topological polar surface area (TPSA) is 63.3 Å². The molecule has 88 valence electrons. The molecule has 0 aliphatic carbocycles. The van der Waals surface area contributed by atoms with Gasteiger partial charge in [-0.3, -0.25) is 5.43 Å². The fourth-order valence-electron chi connectivity index (χ4n) is 1.09. The molecule has 3 N–H and O–H groups in total. The molecule has 0 aliphatic heterocycles. The number of benzene rings is 1. The second-order valence-electron chi connectivity index (χ2n) is 3.12. The van der Waals surface area contributed by atoms with Gasteiger partial charge < -0.3 is 5.73 Å². The van der Waals surface area contributed by atoms with E-state index in [9.17, 15) is 4.39 Å². The molecule has 17 heavy (non-hydrogen) atoms. The fraction of sp³-hybridized carbons (Fsp3) is 0. The molecule has 0 saturated heterocycles. The Kier molecular flexibility index (Phi) is 3.55. The number of rotatable bonds is 3. The summed E-state index contributed by atoms with van der Waals surface area (Å²) in [6, 6.07) is 4.34. The molecule has 0 radical (unpaired) electrons. The molecule has 7 heteroatoms. The van der Waals surface area contributed by atoms with Gasteiger partial charge in [-0.2, -0.15) is 5.10 Å². The number of nitrogens with one attached hydrogen (secondary N) is 1. The summed E-state index contributed by atoms with van der Waals surface area (Å²) in [5, 5.41) is 6.29. The predicted octanol–water partition coefficient (Wildman–Crippen LogP) is 2.96. The molecule has 2 aromatic rings. The zero-order valence-electron chi connectivity index (χ0n) is 8.52. The van der Waals surface area contributed by atoms with Crippen molar-refractivity contribution in [1.29, 1.82) is 0 Å². The summed E-state index contributed by atoms with van der Waals surface area (Å²) in [7, 11) is 0. The lowest BCUT2D eigenvalue weighted by atomic mass is 10.2. The van der Waals surface area contributed by atoms with Crippen LogP contribution in [0.2, 0.25) is 5.02 Å². The van der Waals surface area contributed by atoms with Crippen molar-refractivity contribution in [3.63, 3.8) is 0 Å². The van der Waals surface area contributed by atoms with Crippen LogP contribution in [-0.4, -0.2) is 11.2 Å². The molecule has 4 nitrogen and oxygen atoms in total. The first kappa shape index (κ1) is 11.8. The minimum atomic E-state index is -0.454. The number of hydrogen-bond acceptors (Lipinski definition) is 5. The summed E-state index contributed by atoms with van der Waals surface area (Å²) < 4.78 is 12.9. The lowest BCUT2D eigenvalue weighted by Gasteiger charge is -1.96. The normalized spacial score (nSPS) is 10.9. The van der Waals surface area contributed by atoms with Crippen LogP contribution < -0.4 is 11.2 Å². The minimum Gasteiger partial charge on any atom is -0.383 e. The lowest BCUT2D eigenvalue weighted by molar-refractivity contribution is 0.628. The van der Waals surface area contributed by atoms with Crippen LogP contribution in [0.15, 0.2) is 28.7 Å². The van der Waals surface area contributed by atoms with Gasteiger partial charge in [-0.1, -0.05) is 17.7 Å². The number of anilines is 2. The number of hydrazone groups is 1. The number of thiazole rings is 1. The first-order valence-electron chi connectivity index (χ1n) is 4.60. The predicted molar refractivity (Wildman–Crippen MR) is 69.2 cm³/mol. The van der Waals surface area contributed by atoms with Gasteiger partial charge in [0.2, 0.25) is 5.13 Å². The second kappa shape index (κ2) is 5.11. The Balaban J connectivity index is 2.03. The average Bonchev–Trinajstić information content (AvgIpc) is 2.70. The van der Waals surface area contributed by atoms with E-state index in [1.807, 2.05) is 0 Å². The third kappa shape index (κ3) is 3.15. The first-order chi connectivity index (χ1) is 8.15. The first-order valence-corrected chi connectivity index (χ1v) is 5.86. The number of nitrogens with two attached hydrogens (primary N) is 1. The van der Waals surface area contributed by atoms with Crippen molar-refractivity contribution in [2.24, 2.45) is 5.10 Å². The number of nitrogens with zero attached hydrogens (tertiary/aromatic N) is 2. The highest BCUT2D eigenvalue weighted by atomic mass is 35.5. The summed E-state index contributed by atoms with van der Waals surface area (Å²) >= 11 is 6.97. The quantitative estimate of drug-likeness (QED) is 0.666. The summed E-state index contributed by atoms with van der Waals surface area (Å²) in [5.74, 6) is -0.0120. The largest absolute Gasteiger partial charge is 0.383 e. The Labute approximate surface area is 106 Å². The molecule has 0 spiro atoms. The van der Waals surface area contributed by atoms with Crippen LogP contribution >= 0.6 is 22.9 Å². The maximum Gasteiger partial charge on any atom is 0.205 e. The van der Waals surface area contributed by atoms with Gasteiger partial charge in [-0.15, -0.1) is 11.3 Å². The maximum atomic E-state index is 12.9. The molecule has 0 bridgehead atoms. The van der Waals surface area contributed by atoms with E-state index in [1.54, 1.807) is 11.4 Å². The van der Waals surface area contributed by atoms with Gasteiger partial charge in [0.1, 0.15) is 11.6 Å². The Morgan fingerprint density at radius 3 is 3.00 bits per heavy atom. The molecule has 1 aromatic heterocycles. The Morgan fingerprint density at radius 2 is 2.35 bits per heavy atom. The van der Waals surface area contributed by atoms with Crippen molar-refractivity contribution < 1.29 is 4.39 Å². The molecule has 0 aliphatic rings. The Hall–Kier alpha value is -1.66. The van der Waals surface area contributed by atoms with Crippen molar-refractivity contribution in [3.8, 4) is 0 Å². The molecule has 0 amide bonds. The number of aromatic nitrogens is 1. The van der Waals surface area contributed by atoms with E-state index in [0.29, 0.717) is 16.5 Å². The van der Waals surface area contributed by atoms with Crippen LogP contribution in [0, 0.1) is 5.82 Å². The Bertz CT molecular complexity index is 555. The van der Waals surface area contributed by atoms with Crippen LogP contribution in [0.3, 0.4) is 0 Å². The van der Waals surface area contributed by atoms with Crippen molar-refractivity contribution in [1.82, 2.24) is 4.98 Å². The van der Waals surface area contributed by atoms with Gasteiger partial charge in [-0.05, 0) is 17.7 Å². The second-order valence-corrected chi connectivity index (χ2v) is 4.39. The number of nitrogen functional groups attached to an aromatic ring is 1. The van der Waals surface area contributed by atoms with Crippen molar-refractivity contribution >= 4 is 40.1 Å². The molecule has 1 aromatic carbocycles. The van der Waals surface area contributed by atoms with E-state index < -0.39 is 5.82 Å². The highest BCUT2D eigenvalue weighted by Gasteiger charge is 1.99. The van der Waals surface area contributed by atoms with E-state index in [4.69, 9.17) is 17.3 Å². The highest BCUT2D eigenvalue weighted by Crippen LogP contribution is 2.17. The SMILES string of the molecule is Nc1csc(NN=Cc2ccc(F)c(Cl)c2)n1. The van der Waals surface area contributed by atoms with Crippen LogP contribution in [-0.2, 0) is 0 Å². The van der Waals surface area contributed by atoms with E-state index in [1.165, 1.54) is 29.7 Å². The standard InChI is InChI=1S/C10H8ClFN4S/c11-7-3-6(1-2-8(7)12)4-14-16-10-15-9(13)5-17-10/h1-5H,13H2,(H,15,16). The van der Waals surface area contributed by atoms with Gasteiger partial charge >= 0.3 is 0 Å². The van der Waals surface area contributed by atoms with Crippen LogP contribution in [0.1, 0.15) is 5.56 Å². The van der Waals surface area contributed by atoms with E-state index in [-0.39, 0.29) is 5.02 Å². The van der Waals surface area contributed by atoms with Crippen LogP contribution in [0.25, 0.3) is 0 Å². The zero-order chi connectivity index (χ0) is 12.3. The van der Waals surface area contributed by atoms with Crippen molar-refractivity contribution in [2.45, 2.75) is 0 Å². The summed E-state index contributed by atoms with van der Waals surface area (Å²) in [5.41, 5.74) is 8.84. The van der Waals surface area contributed by atoms with E-state index in [2.05, 4.69) is 15.5 Å². The highest BCUT2D eigenvalue weighted by molar-refractivity contribution is 7.14. The average molecular weight is 271 g/mol. The molecular formula is C10H8ClFN4S. The number of hydrogen-bond donors (Lipinski definition) is 2. The third-order valence-corrected chi connectivity index (χ3v) is 2.89. The maximum absolute atomic E-state index is 12.9. The number of halogens is 2. The third-order valence-electron chi connectivity index (χ3n) is 1.84. The van der Waals surface area contributed by atoms with Gasteiger partial charge in [0.05, 0.1) is 11.2 Å². The Morgan fingerprint density at radius 1 is 1.53 bits per heavy atom. The molecule has 0 fully saturated rings. The molecule has 1 heterocycles. The molecule has 0 atom stereocenters. The zero-order valence-corrected chi connectivity index (χ0v) is 10.1. The monoisotopic (exact) mass is 270 g/mol. The summed E-state index contributed by atoms with van der Waals surface area (Å²) in [6.07, 6.45) is 1.52. The van der Waals surface area contributed by atoms with Gasteiger partial charge in [0.25, 0.3) is 0 Å². The molecule has 2 rings (SSSR count). The van der Waals surface area contributed by atoms with Gasteiger partial charge in [0.15, 0.2) is 0 Å². The van der Waals surface area contributed by atoms with Gasteiger partial charge in [0, 0.05) is 5.38 Å². The summed E-state index contributed by atoms with van der Waals surface area (Å²) in [6.45, 7) is 0. The summed E-state index contributed by atoms with van der Waals surface area (Å²) in [4.78, 5) is 3.96. The van der Waals surface area contributed by atoms with E-state index in [0.717, 1.165) is 0 Å². The molecule has 0 saturated carbocycles. The van der Waals surface area contributed by atoms with Crippen LogP contribution in [0.4, 0.5) is 15.3 Å². The minimum absolute atomic E-state index is 0.0624. The van der Waals surface area contributed by atoms with E-state index >= 15 is 0 Å².